The maximum Gasteiger partial charge on any atom is 0.328 e. The Labute approximate surface area is 147 Å². The molecule has 1 amide bonds. The van der Waals surface area contributed by atoms with Crippen LogP contribution < -0.4 is 10.0 Å². The second-order valence-corrected chi connectivity index (χ2v) is 7.74. The monoisotopic (exact) mass is 374 g/mol. The van der Waals surface area contributed by atoms with Crippen molar-refractivity contribution < 1.29 is 27.1 Å². The van der Waals surface area contributed by atoms with Crippen LogP contribution >= 0.6 is 0 Å². The fourth-order valence-corrected chi connectivity index (χ4v) is 3.41. The summed E-state index contributed by atoms with van der Waals surface area (Å²) in [4.78, 5) is 23.4. The molecule has 0 aliphatic carbocycles. The zero-order valence-corrected chi connectivity index (χ0v) is 15.4. The average Bonchev–Trinajstić information content (AvgIpc) is 2.53. The number of benzene rings is 1. The number of aryl methyl sites for hydroxylation is 1. The van der Waals surface area contributed by atoms with Crippen LogP contribution in [0.2, 0.25) is 0 Å². The van der Waals surface area contributed by atoms with E-state index in [0.717, 1.165) is 12.1 Å². The summed E-state index contributed by atoms with van der Waals surface area (Å²) < 4.78 is 44.4. The Morgan fingerprint density at radius 1 is 1.28 bits per heavy atom. The Balaban J connectivity index is 2.77. The molecule has 1 unspecified atom stereocenters. The number of amides is 1. The van der Waals surface area contributed by atoms with Crippen molar-refractivity contribution in [2.24, 2.45) is 5.92 Å². The van der Waals surface area contributed by atoms with Gasteiger partial charge in [-0.3, -0.25) is 4.79 Å². The molecule has 1 aromatic rings. The van der Waals surface area contributed by atoms with Gasteiger partial charge in [0.2, 0.25) is 15.9 Å². The van der Waals surface area contributed by atoms with Crippen molar-refractivity contribution >= 4 is 21.9 Å². The summed E-state index contributed by atoms with van der Waals surface area (Å²) in [6.45, 7) is 4.68. The second-order valence-electron chi connectivity index (χ2n) is 6.01. The summed E-state index contributed by atoms with van der Waals surface area (Å²) in [5.41, 5.74) is 0.349. The van der Waals surface area contributed by atoms with Crippen LogP contribution in [0.1, 0.15) is 25.8 Å². The number of carbonyl (C=O) groups excluding carboxylic acids is 2. The second kappa shape index (κ2) is 8.91. The summed E-state index contributed by atoms with van der Waals surface area (Å²) in [5.74, 6) is -1.87. The topological polar surface area (TPSA) is 102 Å². The van der Waals surface area contributed by atoms with E-state index in [-0.39, 0.29) is 10.8 Å². The Hall–Kier alpha value is -2.00. The molecule has 140 valence electrons. The van der Waals surface area contributed by atoms with Gasteiger partial charge in [0.15, 0.2) is 0 Å². The molecule has 9 heteroatoms. The number of hydrogen-bond donors (Lipinski definition) is 2. The lowest BCUT2D eigenvalue weighted by molar-refractivity contribution is -0.145. The predicted octanol–water partition coefficient (Wildman–Crippen LogP) is 1.12. The molecule has 2 N–H and O–H groups in total. The van der Waals surface area contributed by atoms with E-state index in [0.29, 0.717) is 12.0 Å². The molecule has 1 atom stereocenters. The maximum absolute atomic E-state index is 13.3. The van der Waals surface area contributed by atoms with Gasteiger partial charge in [-0.05, 0) is 37.0 Å². The molecule has 0 aliphatic heterocycles. The Bertz CT molecular complexity index is 734. The largest absolute Gasteiger partial charge is 0.467 e. The van der Waals surface area contributed by atoms with Crippen molar-refractivity contribution in [3.05, 3.63) is 29.6 Å². The third-order valence-corrected chi connectivity index (χ3v) is 4.93. The lowest BCUT2D eigenvalue weighted by Gasteiger charge is -2.18. The number of halogens is 1. The van der Waals surface area contributed by atoms with Crippen molar-refractivity contribution in [1.29, 1.82) is 0 Å². The molecule has 0 aromatic heterocycles. The summed E-state index contributed by atoms with van der Waals surface area (Å²) >= 11 is 0. The van der Waals surface area contributed by atoms with Crippen LogP contribution in [0.3, 0.4) is 0 Å². The number of methoxy groups -OCH3 is 1. The quantitative estimate of drug-likeness (QED) is 0.664. The standard InChI is InChI=1S/C16H23FN2O5S/c1-10(2)7-13(16(21)24-4)19-15(20)9-18-25(22,23)14-8-12(17)6-5-11(14)3/h5-6,8,10,13,18H,7,9H2,1-4H3,(H,19,20). The molecule has 0 aliphatic rings. The molecule has 0 fully saturated rings. The third-order valence-electron chi connectivity index (χ3n) is 3.39. The van der Waals surface area contributed by atoms with Gasteiger partial charge in [-0.1, -0.05) is 19.9 Å². The number of nitrogens with one attached hydrogen (secondary N) is 2. The van der Waals surface area contributed by atoms with Crippen LogP contribution in [-0.2, 0) is 24.3 Å². The first-order valence-corrected chi connectivity index (χ1v) is 9.18. The lowest BCUT2D eigenvalue weighted by Crippen LogP contribution is -2.46. The van der Waals surface area contributed by atoms with E-state index >= 15 is 0 Å². The van der Waals surface area contributed by atoms with Crippen molar-refractivity contribution in [3.63, 3.8) is 0 Å². The van der Waals surface area contributed by atoms with Gasteiger partial charge >= 0.3 is 5.97 Å². The first-order chi connectivity index (χ1) is 11.6. The van der Waals surface area contributed by atoms with Gasteiger partial charge in [0.25, 0.3) is 0 Å². The van der Waals surface area contributed by atoms with Crippen molar-refractivity contribution in [2.45, 2.75) is 38.1 Å². The Morgan fingerprint density at radius 2 is 1.92 bits per heavy atom. The van der Waals surface area contributed by atoms with E-state index in [1.807, 2.05) is 13.8 Å². The molecule has 7 nitrogen and oxygen atoms in total. The van der Waals surface area contributed by atoms with Crippen LogP contribution in [0.5, 0.6) is 0 Å². The molecular formula is C16H23FN2O5S. The minimum absolute atomic E-state index is 0.121. The molecule has 0 saturated carbocycles. The minimum Gasteiger partial charge on any atom is -0.467 e. The number of rotatable bonds is 8. The third kappa shape index (κ3) is 6.43. The van der Waals surface area contributed by atoms with Gasteiger partial charge in [0.1, 0.15) is 11.9 Å². The van der Waals surface area contributed by atoms with Crippen LogP contribution in [-0.4, -0.2) is 40.0 Å². The van der Waals surface area contributed by atoms with E-state index < -0.39 is 40.3 Å². The lowest BCUT2D eigenvalue weighted by atomic mass is 10.0. The number of carbonyl (C=O) groups is 2. The predicted molar refractivity (Wildman–Crippen MR) is 89.7 cm³/mol. The van der Waals surface area contributed by atoms with E-state index in [4.69, 9.17) is 0 Å². The van der Waals surface area contributed by atoms with Crippen molar-refractivity contribution in [2.75, 3.05) is 13.7 Å². The smallest absolute Gasteiger partial charge is 0.328 e. The number of ether oxygens (including phenoxy) is 1. The molecule has 0 heterocycles. The van der Waals surface area contributed by atoms with Gasteiger partial charge in [-0.2, -0.15) is 0 Å². The summed E-state index contributed by atoms with van der Waals surface area (Å²) in [6.07, 6.45) is 0.355. The summed E-state index contributed by atoms with van der Waals surface area (Å²) in [7, 11) is -2.85. The van der Waals surface area contributed by atoms with E-state index in [9.17, 15) is 22.4 Å². The van der Waals surface area contributed by atoms with Gasteiger partial charge < -0.3 is 10.1 Å². The van der Waals surface area contributed by atoms with Gasteiger partial charge in [0.05, 0.1) is 18.6 Å². The Morgan fingerprint density at radius 3 is 2.48 bits per heavy atom. The minimum atomic E-state index is -4.06. The first kappa shape index (κ1) is 21.0. The SMILES string of the molecule is COC(=O)C(CC(C)C)NC(=O)CNS(=O)(=O)c1cc(F)ccc1C. The zero-order valence-electron chi connectivity index (χ0n) is 14.6. The highest BCUT2D eigenvalue weighted by molar-refractivity contribution is 7.89. The van der Waals surface area contributed by atoms with E-state index in [1.54, 1.807) is 0 Å². The van der Waals surface area contributed by atoms with E-state index in [1.165, 1.54) is 20.1 Å². The normalized spacial score (nSPS) is 12.7. The summed E-state index contributed by atoms with van der Waals surface area (Å²) in [5, 5.41) is 2.43. The maximum atomic E-state index is 13.3. The number of hydrogen-bond acceptors (Lipinski definition) is 5. The molecule has 1 rings (SSSR count). The highest BCUT2D eigenvalue weighted by Gasteiger charge is 2.24. The van der Waals surface area contributed by atoms with Crippen LogP contribution in [0.15, 0.2) is 23.1 Å². The van der Waals surface area contributed by atoms with Crippen LogP contribution in [0, 0.1) is 18.7 Å². The van der Waals surface area contributed by atoms with Crippen molar-refractivity contribution in [1.82, 2.24) is 10.0 Å². The Kier molecular flexibility index (Phi) is 7.50. The van der Waals surface area contributed by atoms with Gasteiger partial charge in [0, 0.05) is 0 Å². The van der Waals surface area contributed by atoms with Crippen LogP contribution in [0.25, 0.3) is 0 Å². The fourth-order valence-electron chi connectivity index (χ4n) is 2.17. The molecule has 0 bridgehead atoms. The molecule has 25 heavy (non-hydrogen) atoms. The molecule has 0 spiro atoms. The highest BCUT2D eigenvalue weighted by atomic mass is 32.2. The number of sulfonamides is 1. The highest BCUT2D eigenvalue weighted by Crippen LogP contribution is 2.16. The number of esters is 1. The average molecular weight is 374 g/mol. The van der Waals surface area contributed by atoms with E-state index in [2.05, 4.69) is 14.8 Å². The molecular weight excluding hydrogens is 351 g/mol. The van der Waals surface area contributed by atoms with Gasteiger partial charge in [-0.25, -0.2) is 22.3 Å². The van der Waals surface area contributed by atoms with Crippen molar-refractivity contribution in [3.8, 4) is 0 Å². The molecule has 0 radical (unpaired) electrons. The first-order valence-electron chi connectivity index (χ1n) is 7.69. The molecule has 1 aromatic carbocycles. The van der Waals surface area contributed by atoms with Crippen LogP contribution in [0.4, 0.5) is 4.39 Å². The van der Waals surface area contributed by atoms with Gasteiger partial charge in [-0.15, -0.1) is 0 Å². The zero-order chi connectivity index (χ0) is 19.2. The molecule has 0 saturated heterocycles. The fraction of sp³-hybridized carbons (Fsp3) is 0.500. The summed E-state index contributed by atoms with van der Waals surface area (Å²) in [6, 6.07) is 2.50.